The van der Waals surface area contributed by atoms with Gasteiger partial charge in [-0.2, -0.15) is 0 Å². The van der Waals surface area contributed by atoms with Gasteiger partial charge in [0.25, 0.3) is 0 Å². The Balaban J connectivity index is 2.35. The summed E-state index contributed by atoms with van der Waals surface area (Å²) in [4.78, 5) is 0. The van der Waals surface area contributed by atoms with Crippen LogP contribution in [-0.4, -0.2) is 0 Å². The van der Waals surface area contributed by atoms with Gasteiger partial charge in [0.05, 0.1) is 0 Å². The Labute approximate surface area is 69.7 Å². The van der Waals surface area contributed by atoms with Crippen molar-refractivity contribution < 1.29 is 0 Å². The molecule has 0 aromatic heterocycles. The van der Waals surface area contributed by atoms with Crippen LogP contribution >= 0.6 is 0 Å². The monoisotopic (exact) mass is 150 g/mol. The lowest BCUT2D eigenvalue weighted by atomic mass is 9.81. The van der Waals surface area contributed by atoms with Crippen LogP contribution in [0.5, 0.6) is 0 Å². The Hall–Kier alpha value is -0.260. The highest BCUT2D eigenvalue weighted by Crippen LogP contribution is 2.74. The minimum absolute atomic E-state index is 0.569. The summed E-state index contributed by atoms with van der Waals surface area (Å²) in [6, 6.07) is 0. The fraction of sp³-hybridized carbons (Fsp3) is 0.818. The SMILES string of the molecule is CC1CC=CC2C(C)(C)C12C. The summed E-state index contributed by atoms with van der Waals surface area (Å²) in [5, 5.41) is 0. The maximum atomic E-state index is 2.45. The molecule has 0 N–H and O–H groups in total. The number of hydrogen-bond acceptors (Lipinski definition) is 0. The smallest absolute Gasteiger partial charge is 0.0115 e. The molecule has 11 heavy (non-hydrogen) atoms. The normalized spacial score (nSPS) is 52.0. The molecule has 1 fully saturated rings. The molecule has 62 valence electrons. The van der Waals surface area contributed by atoms with Crippen molar-refractivity contribution in [1.82, 2.24) is 0 Å². The maximum Gasteiger partial charge on any atom is -0.0115 e. The highest BCUT2D eigenvalue weighted by atomic mass is 14.7. The average molecular weight is 150 g/mol. The average Bonchev–Trinajstić information content (AvgIpc) is 2.35. The van der Waals surface area contributed by atoms with E-state index in [0.29, 0.717) is 10.8 Å². The molecule has 0 radical (unpaired) electrons. The molecule has 0 heteroatoms. The number of fused-ring (bicyclic) bond motifs is 1. The Kier molecular flexibility index (Phi) is 1.16. The van der Waals surface area contributed by atoms with Crippen LogP contribution < -0.4 is 0 Å². The van der Waals surface area contributed by atoms with Gasteiger partial charge in [0.2, 0.25) is 0 Å². The van der Waals surface area contributed by atoms with Crippen LogP contribution in [0.1, 0.15) is 34.1 Å². The minimum atomic E-state index is 0.569. The topological polar surface area (TPSA) is 0 Å². The van der Waals surface area contributed by atoms with E-state index in [1.807, 2.05) is 0 Å². The van der Waals surface area contributed by atoms with Crippen molar-refractivity contribution in [1.29, 1.82) is 0 Å². The van der Waals surface area contributed by atoms with Crippen molar-refractivity contribution in [2.75, 3.05) is 0 Å². The van der Waals surface area contributed by atoms with Crippen LogP contribution in [0.4, 0.5) is 0 Å². The van der Waals surface area contributed by atoms with Gasteiger partial charge < -0.3 is 0 Å². The number of hydrogen-bond donors (Lipinski definition) is 0. The molecule has 0 nitrogen and oxygen atoms in total. The minimum Gasteiger partial charge on any atom is -0.0879 e. The van der Waals surface area contributed by atoms with E-state index in [1.165, 1.54) is 6.42 Å². The summed E-state index contributed by atoms with van der Waals surface area (Å²) in [5.74, 6) is 1.74. The third-order valence-electron chi connectivity index (χ3n) is 4.57. The Morgan fingerprint density at radius 3 is 2.36 bits per heavy atom. The fourth-order valence-corrected chi connectivity index (χ4v) is 3.11. The van der Waals surface area contributed by atoms with Crippen LogP contribution in [0.3, 0.4) is 0 Å². The Bertz CT molecular complexity index is 212. The number of allylic oxidation sites excluding steroid dienone is 2. The maximum absolute atomic E-state index is 2.45. The van der Waals surface area contributed by atoms with Crippen molar-refractivity contribution >= 4 is 0 Å². The second-order valence-electron chi connectivity index (χ2n) is 5.05. The van der Waals surface area contributed by atoms with E-state index in [0.717, 1.165) is 11.8 Å². The molecule has 0 aromatic carbocycles. The van der Waals surface area contributed by atoms with Gasteiger partial charge in [-0.1, -0.05) is 39.8 Å². The summed E-state index contributed by atoms with van der Waals surface area (Å²) in [6.07, 6.45) is 6.09. The van der Waals surface area contributed by atoms with Crippen molar-refractivity contribution in [2.24, 2.45) is 22.7 Å². The van der Waals surface area contributed by atoms with Crippen molar-refractivity contribution in [3.8, 4) is 0 Å². The molecular formula is C11H18. The largest absolute Gasteiger partial charge is 0.0879 e. The molecule has 0 aliphatic heterocycles. The molecule has 0 saturated heterocycles. The zero-order valence-corrected chi connectivity index (χ0v) is 8.02. The second kappa shape index (κ2) is 1.73. The van der Waals surface area contributed by atoms with Crippen LogP contribution in [0.2, 0.25) is 0 Å². The second-order valence-corrected chi connectivity index (χ2v) is 5.05. The van der Waals surface area contributed by atoms with Crippen LogP contribution in [0.15, 0.2) is 12.2 Å². The zero-order valence-electron chi connectivity index (χ0n) is 8.02. The highest BCUT2D eigenvalue weighted by molar-refractivity contribution is 5.26. The predicted molar refractivity (Wildman–Crippen MR) is 48.3 cm³/mol. The van der Waals surface area contributed by atoms with Crippen LogP contribution in [0.25, 0.3) is 0 Å². The fourth-order valence-electron chi connectivity index (χ4n) is 3.11. The van der Waals surface area contributed by atoms with Gasteiger partial charge in [-0.25, -0.2) is 0 Å². The first kappa shape index (κ1) is 7.39. The molecular weight excluding hydrogens is 132 g/mol. The van der Waals surface area contributed by atoms with E-state index in [1.54, 1.807) is 0 Å². The first-order valence-corrected chi connectivity index (χ1v) is 4.68. The lowest BCUT2D eigenvalue weighted by Gasteiger charge is -2.23. The summed E-state index contributed by atoms with van der Waals surface area (Å²) in [5.41, 5.74) is 1.18. The van der Waals surface area contributed by atoms with Gasteiger partial charge in [-0.3, -0.25) is 0 Å². The first-order chi connectivity index (χ1) is 5.01. The third-order valence-corrected chi connectivity index (χ3v) is 4.57. The van der Waals surface area contributed by atoms with Gasteiger partial charge in [0.15, 0.2) is 0 Å². The molecule has 1 saturated carbocycles. The van der Waals surface area contributed by atoms with Crippen LogP contribution in [-0.2, 0) is 0 Å². The van der Waals surface area contributed by atoms with E-state index < -0.39 is 0 Å². The van der Waals surface area contributed by atoms with Gasteiger partial charge >= 0.3 is 0 Å². The lowest BCUT2D eigenvalue weighted by molar-refractivity contribution is 0.282. The Morgan fingerprint density at radius 2 is 1.91 bits per heavy atom. The van der Waals surface area contributed by atoms with E-state index in [4.69, 9.17) is 0 Å². The van der Waals surface area contributed by atoms with E-state index in [-0.39, 0.29) is 0 Å². The lowest BCUT2D eigenvalue weighted by Crippen LogP contribution is -2.16. The summed E-state index contributed by atoms with van der Waals surface area (Å²) < 4.78 is 0. The van der Waals surface area contributed by atoms with Crippen molar-refractivity contribution in [3.63, 3.8) is 0 Å². The van der Waals surface area contributed by atoms with Gasteiger partial charge in [0.1, 0.15) is 0 Å². The number of rotatable bonds is 0. The standard InChI is InChI=1S/C11H18/c1-8-6-5-7-9-10(2,3)11(8,9)4/h5,7-9H,6H2,1-4H3. The molecule has 2 aliphatic rings. The third kappa shape index (κ3) is 0.617. The van der Waals surface area contributed by atoms with Crippen LogP contribution in [0, 0.1) is 22.7 Å². The molecule has 3 atom stereocenters. The highest BCUT2D eigenvalue weighted by Gasteiger charge is 2.68. The molecule has 0 heterocycles. The van der Waals surface area contributed by atoms with Gasteiger partial charge in [0, 0.05) is 0 Å². The van der Waals surface area contributed by atoms with E-state index in [9.17, 15) is 0 Å². The first-order valence-electron chi connectivity index (χ1n) is 4.68. The molecule has 0 amide bonds. The summed E-state index contributed by atoms with van der Waals surface area (Å²) in [7, 11) is 0. The molecule has 0 bridgehead atoms. The van der Waals surface area contributed by atoms with Gasteiger partial charge in [-0.05, 0) is 29.1 Å². The van der Waals surface area contributed by atoms with E-state index in [2.05, 4.69) is 39.8 Å². The Morgan fingerprint density at radius 1 is 1.27 bits per heavy atom. The molecule has 3 unspecified atom stereocenters. The van der Waals surface area contributed by atoms with E-state index >= 15 is 0 Å². The van der Waals surface area contributed by atoms with Crippen molar-refractivity contribution in [3.05, 3.63) is 12.2 Å². The summed E-state index contributed by atoms with van der Waals surface area (Å²) >= 11 is 0. The molecule has 2 rings (SSSR count). The van der Waals surface area contributed by atoms with Gasteiger partial charge in [-0.15, -0.1) is 0 Å². The summed E-state index contributed by atoms with van der Waals surface area (Å²) in [6.45, 7) is 9.66. The molecule has 2 aliphatic carbocycles. The molecule has 0 aromatic rings. The molecule has 0 spiro atoms. The zero-order chi connectivity index (χ0) is 8.28. The predicted octanol–water partition coefficient (Wildman–Crippen LogP) is 3.24. The van der Waals surface area contributed by atoms with Crippen molar-refractivity contribution in [2.45, 2.75) is 34.1 Å². The quantitative estimate of drug-likeness (QED) is 0.465.